The van der Waals surface area contributed by atoms with Crippen LogP contribution in [0.2, 0.25) is 5.02 Å². The van der Waals surface area contributed by atoms with Crippen LogP contribution < -0.4 is 10.0 Å². The molecule has 3 aromatic rings. The first-order valence-electron chi connectivity index (χ1n) is 8.84. The maximum Gasteiger partial charge on any atom is 0.416 e. The summed E-state index contributed by atoms with van der Waals surface area (Å²) in [5.41, 5.74) is -0.0747. The topological polar surface area (TPSA) is 75.3 Å². The summed E-state index contributed by atoms with van der Waals surface area (Å²) < 4.78 is 66.6. The third-order valence-electron chi connectivity index (χ3n) is 4.32. The van der Waals surface area contributed by atoms with E-state index in [0.29, 0.717) is 11.3 Å². The number of hydrogen-bond acceptors (Lipinski definition) is 3. The Bertz CT molecular complexity index is 1240. The molecule has 0 saturated heterocycles. The minimum atomic E-state index is -4.57. The summed E-state index contributed by atoms with van der Waals surface area (Å²) in [6.45, 7) is 1.72. The van der Waals surface area contributed by atoms with Gasteiger partial charge in [0.1, 0.15) is 4.90 Å². The second kappa shape index (κ2) is 8.60. The fourth-order valence-electron chi connectivity index (χ4n) is 2.71. The Hall–Kier alpha value is -3.04. The van der Waals surface area contributed by atoms with Crippen molar-refractivity contribution in [1.82, 2.24) is 0 Å². The molecule has 0 radical (unpaired) electrons. The van der Waals surface area contributed by atoms with Gasteiger partial charge < -0.3 is 5.32 Å². The van der Waals surface area contributed by atoms with Crippen molar-refractivity contribution in [3.05, 3.63) is 88.4 Å². The zero-order valence-corrected chi connectivity index (χ0v) is 17.6. The molecule has 0 heterocycles. The van der Waals surface area contributed by atoms with Gasteiger partial charge in [-0.1, -0.05) is 35.9 Å². The molecule has 0 saturated carbocycles. The molecule has 10 heteroatoms. The average Bonchev–Trinajstić information content (AvgIpc) is 2.69. The van der Waals surface area contributed by atoms with Crippen molar-refractivity contribution in [2.45, 2.75) is 18.0 Å². The molecule has 1 amide bonds. The molecule has 0 atom stereocenters. The summed E-state index contributed by atoms with van der Waals surface area (Å²) in [6, 6.07) is 14.4. The van der Waals surface area contributed by atoms with E-state index in [1.165, 1.54) is 18.2 Å². The summed E-state index contributed by atoms with van der Waals surface area (Å²) in [4.78, 5) is 12.2. The quantitative estimate of drug-likeness (QED) is 0.503. The number of carbonyl (C=O) groups is 1. The van der Waals surface area contributed by atoms with Crippen LogP contribution in [0.4, 0.5) is 24.5 Å². The van der Waals surface area contributed by atoms with Gasteiger partial charge in [0.25, 0.3) is 15.9 Å². The van der Waals surface area contributed by atoms with Crippen LogP contribution >= 0.6 is 11.6 Å². The fraction of sp³-hybridized carbons (Fsp3) is 0.0952. The normalized spacial score (nSPS) is 11.8. The maximum absolute atomic E-state index is 12.9. The van der Waals surface area contributed by atoms with Gasteiger partial charge in [-0.3, -0.25) is 9.52 Å². The summed E-state index contributed by atoms with van der Waals surface area (Å²) >= 11 is 6.05. The van der Waals surface area contributed by atoms with Crippen LogP contribution in [0.1, 0.15) is 21.5 Å². The van der Waals surface area contributed by atoms with Crippen LogP contribution in [0.3, 0.4) is 0 Å². The van der Waals surface area contributed by atoms with E-state index in [1.54, 1.807) is 31.2 Å². The Balaban J connectivity index is 1.88. The molecule has 0 unspecified atom stereocenters. The van der Waals surface area contributed by atoms with Gasteiger partial charge in [-0.2, -0.15) is 13.2 Å². The van der Waals surface area contributed by atoms with Crippen molar-refractivity contribution in [3.63, 3.8) is 0 Å². The number of anilines is 2. The van der Waals surface area contributed by atoms with Gasteiger partial charge in [-0.15, -0.1) is 0 Å². The first-order valence-corrected chi connectivity index (χ1v) is 10.7. The molecular weight excluding hydrogens is 453 g/mol. The summed E-state index contributed by atoms with van der Waals surface area (Å²) in [5, 5.41) is 2.22. The van der Waals surface area contributed by atoms with E-state index in [2.05, 4.69) is 10.0 Å². The molecule has 0 fully saturated rings. The lowest BCUT2D eigenvalue weighted by Gasteiger charge is -2.13. The molecule has 0 spiro atoms. The van der Waals surface area contributed by atoms with Crippen LogP contribution in [0.25, 0.3) is 0 Å². The van der Waals surface area contributed by atoms with Crippen LogP contribution in [0, 0.1) is 6.92 Å². The molecule has 0 aromatic heterocycles. The molecule has 5 nitrogen and oxygen atoms in total. The third-order valence-corrected chi connectivity index (χ3v) is 6.17. The van der Waals surface area contributed by atoms with Gasteiger partial charge in [0.15, 0.2) is 0 Å². The SMILES string of the molecule is Cc1ccccc1NS(=O)(=O)c1cc(C(=O)Nc2cccc(C(F)(F)F)c2)ccc1Cl. The standard InChI is InChI=1S/C21H16ClF3N2O3S/c1-13-5-2-3-8-18(13)27-31(29,30)19-11-14(9-10-17(19)22)20(28)26-16-7-4-6-15(12-16)21(23,24)25/h2-12,27H,1H3,(H,26,28). The minimum Gasteiger partial charge on any atom is -0.322 e. The predicted molar refractivity (Wildman–Crippen MR) is 113 cm³/mol. The Morgan fingerprint density at radius 1 is 0.968 bits per heavy atom. The predicted octanol–water partition coefficient (Wildman–Crippen LogP) is 5.72. The smallest absolute Gasteiger partial charge is 0.322 e. The highest BCUT2D eigenvalue weighted by Gasteiger charge is 2.30. The number of aryl methyl sites for hydroxylation is 1. The Morgan fingerprint density at radius 2 is 1.68 bits per heavy atom. The Kier molecular flexibility index (Phi) is 6.28. The van der Waals surface area contributed by atoms with Crippen LogP contribution in [-0.2, 0) is 16.2 Å². The van der Waals surface area contributed by atoms with Crippen molar-refractivity contribution in [2.75, 3.05) is 10.0 Å². The van der Waals surface area contributed by atoms with Crippen molar-refractivity contribution in [3.8, 4) is 0 Å². The van der Waals surface area contributed by atoms with Gasteiger partial charge in [0.05, 0.1) is 16.3 Å². The van der Waals surface area contributed by atoms with E-state index in [4.69, 9.17) is 11.6 Å². The average molecular weight is 469 g/mol. The molecular formula is C21H16ClF3N2O3S. The van der Waals surface area contributed by atoms with Gasteiger partial charge >= 0.3 is 6.18 Å². The van der Waals surface area contributed by atoms with E-state index in [0.717, 1.165) is 24.3 Å². The summed E-state index contributed by atoms with van der Waals surface area (Å²) in [7, 11) is -4.13. The van der Waals surface area contributed by atoms with E-state index in [9.17, 15) is 26.4 Å². The highest BCUT2D eigenvalue weighted by Crippen LogP contribution is 2.31. The molecule has 3 aromatic carbocycles. The first kappa shape index (κ1) is 22.6. The van der Waals surface area contributed by atoms with E-state index >= 15 is 0 Å². The lowest BCUT2D eigenvalue weighted by atomic mass is 10.1. The van der Waals surface area contributed by atoms with Crippen LogP contribution in [-0.4, -0.2) is 14.3 Å². The molecule has 0 aliphatic rings. The van der Waals surface area contributed by atoms with Gasteiger partial charge in [0.2, 0.25) is 0 Å². The first-order chi connectivity index (χ1) is 14.5. The Morgan fingerprint density at radius 3 is 2.35 bits per heavy atom. The number of rotatable bonds is 5. The van der Waals surface area contributed by atoms with E-state index in [1.807, 2.05) is 0 Å². The molecule has 3 rings (SSSR count). The lowest BCUT2D eigenvalue weighted by Crippen LogP contribution is -2.17. The van der Waals surface area contributed by atoms with E-state index < -0.39 is 27.7 Å². The van der Waals surface area contributed by atoms with Gasteiger partial charge in [0, 0.05) is 11.3 Å². The number of para-hydroxylation sites is 1. The second-order valence-corrected chi connectivity index (χ2v) is 8.66. The molecule has 0 bridgehead atoms. The number of alkyl halides is 3. The van der Waals surface area contributed by atoms with E-state index in [-0.39, 0.29) is 21.2 Å². The minimum absolute atomic E-state index is 0.0859. The number of nitrogens with one attached hydrogen (secondary N) is 2. The zero-order valence-electron chi connectivity index (χ0n) is 16.0. The monoisotopic (exact) mass is 468 g/mol. The summed E-state index contributed by atoms with van der Waals surface area (Å²) in [6.07, 6.45) is -4.57. The fourth-order valence-corrected chi connectivity index (χ4v) is 4.37. The Labute approximate surface area is 181 Å². The zero-order chi connectivity index (χ0) is 22.8. The van der Waals surface area contributed by atoms with Crippen LogP contribution in [0.15, 0.2) is 71.6 Å². The van der Waals surface area contributed by atoms with Crippen molar-refractivity contribution < 1.29 is 26.4 Å². The highest BCUT2D eigenvalue weighted by atomic mass is 35.5. The van der Waals surface area contributed by atoms with Crippen molar-refractivity contribution in [2.24, 2.45) is 0 Å². The van der Waals surface area contributed by atoms with Gasteiger partial charge in [-0.05, 0) is 55.0 Å². The number of benzene rings is 3. The second-order valence-electron chi connectivity index (χ2n) is 6.60. The third kappa shape index (κ3) is 5.36. The number of carbonyl (C=O) groups excluding carboxylic acids is 1. The highest BCUT2D eigenvalue weighted by molar-refractivity contribution is 7.92. The molecule has 0 aliphatic heterocycles. The van der Waals surface area contributed by atoms with Gasteiger partial charge in [-0.25, -0.2) is 8.42 Å². The molecule has 0 aliphatic carbocycles. The van der Waals surface area contributed by atoms with Crippen molar-refractivity contribution >= 4 is 38.9 Å². The van der Waals surface area contributed by atoms with Crippen molar-refractivity contribution in [1.29, 1.82) is 0 Å². The molecule has 162 valence electrons. The lowest BCUT2D eigenvalue weighted by molar-refractivity contribution is -0.137. The molecule has 2 N–H and O–H groups in total. The largest absolute Gasteiger partial charge is 0.416 e. The summed E-state index contributed by atoms with van der Waals surface area (Å²) in [5.74, 6) is -0.789. The number of hydrogen-bond donors (Lipinski definition) is 2. The number of halogens is 4. The maximum atomic E-state index is 12.9. The van der Waals surface area contributed by atoms with Crippen LogP contribution in [0.5, 0.6) is 0 Å². The number of sulfonamides is 1. The number of amides is 1. The molecule has 31 heavy (non-hydrogen) atoms.